The predicted molar refractivity (Wildman–Crippen MR) is 118 cm³/mol. The van der Waals surface area contributed by atoms with Gasteiger partial charge in [0.05, 0.1) is 13.2 Å². The summed E-state index contributed by atoms with van der Waals surface area (Å²) in [5.74, 6) is 2.39. The molecular weight excluding hydrogens is 368 g/mol. The monoisotopic (exact) mass is 402 g/mol. The van der Waals surface area contributed by atoms with Gasteiger partial charge in [-0.15, -0.1) is 16.5 Å². The minimum absolute atomic E-state index is 0.0122. The van der Waals surface area contributed by atoms with Gasteiger partial charge in [-0.2, -0.15) is 0 Å². The number of hydrogen-bond acceptors (Lipinski definition) is 4. The zero-order valence-electron chi connectivity index (χ0n) is 17.3. The molecular formula is C23H34N2O4. The van der Waals surface area contributed by atoms with Gasteiger partial charge in [-0.1, -0.05) is 60.9 Å². The minimum Gasteiger partial charge on any atom is -0.345 e. The lowest BCUT2D eigenvalue weighted by molar-refractivity contribution is -0.757. The van der Waals surface area contributed by atoms with E-state index in [1.54, 1.807) is 0 Å². The van der Waals surface area contributed by atoms with E-state index in [4.69, 9.17) is 6.42 Å². The lowest BCUT2D eigenvalue weighted by Crippen LogP contribution is -2.22. The molecule has 0 unspecified atom stereocenters. The first-order valence-electron chi connectivity index (χ1n) is 10.2. The Morgan fingerprint density at radius 3 is 2.00 bits per heavy atom. The van der Waals surface area contributed by atoms with Gasteiger partial charge in [-0.25, -0.2) is 0 Å². The average molecular weight is 403 g/mol. The molecule has 0 saturated heterocycles. The van der Waals surface area contributed by atoms with Gasteiger partial charge in [-0.3, -0.25) is 4.79 Å². The van der Waals surface area contributed by atoms with Gasteiger partial charge >= 0.3 is 0 Å². The topological polar surface area (TPSA) is 81.5 Å². The molecule has 160 valence electrons. The molecule has 0 aromatic carbocycles. The number of unbranched alkanes of at least 4 members (excludes halogenated alkanes) is 4. The van der Waals surface area contributed by atoms with Crippen LogP contribution in [0.2, 0.25) is 0 Å². The second-order valence-corrected chi connectivity index (χ2v) is 6.37. The Bertz CT molecular complexity index is 586. The van der Waals surface area contributed by atoms with Crippen LogP contribution in [0.4, 0.5) is 0 Å². The van der Waals surface area contributed by atoms with Crippen molar-refractivity contribution in [2.24, 2.45) is 0 Å². The Morgan fingerprint density at radius 1 is 0.897 bits per heavy atom. The van der Waals surface area contributed by atoms with Crippen molar-refractivity contribution < 1.29 is 14.7 Å². The van der Waals surface area contributed by atoms with Gasteiger partial charge in [-0.05, 0) is 51.4 Å². The van der Waals surface area contributed by atoms with E-state index in [9.17, 15) is 14.9 Å². The van der Waals surface area contributed by atoms with Gasteiger partial charge in [0.25, 0.3) is 5.09 Å². The van der Waals surface area contributed by atoms with Crippen molar-refractivity contribution in [2.45, 2.75) is 64.2 Å². The second kappa shape index (κ2) is 21.5. The smallest absolute Gasteiger partial charge is 0.294 e. The van der Waals surface area contributed by atoms with E-state index in [1.807, 2.05) is 0 Å². The van der Waals surface area contributed by atoms with E-state index < -0.39 is 5.09 Å². The Labute approximate surface area is 174 Å². The van der Waals surface area contributed by atoms with Crippen LogP contribution in [0.1, 0.15) is 64.2 Å². The summed E-state index contributed by atoms with van der Waals surface area (Å²) in [5, 5.41) is 11.9. The average Bonchev–Trinajstić information content (AvgIpc) is 2.70. The molecule has 0 aromatic heterocycles. The van der Waals surface area contributed by atoms with E-state index in [2.05, 4.69) is 64.7 Å². The summed E-state index contributed by atoms with van der Waals surface area (Å²) in [4.78, 5) is 25.6. The molecule has 29 heavy (non-hydrogen) atoms. The van der Waals surface area contributed by atoms with Gasteiger partial charge in [0.15, 0.2) is 0 Å². The van der Waals surface area contributed by atoms with Crippen molar-refractivity contribution in [3.63, 3.8) is 0 Å². The molecule has 0 saturated carbocycles. The highest BCUT2D eigenvalue weighted by atomic mass is 16.9. The van der Waals surface area contributed by atoms with Crippen LogP contribution in [0.15, 0.2) is 48.6 Å². The molecule has 0 aliphatic heterocycles. The molecule has 0 aromatic rings. The molecule has 6 nitrogen and oxygen atoms in total. The summed E-state index contributed by atoms with van der Waals surface area (Å²) in [6.45, 7) is 0.491. The van der Waals surface area contributed by atoms with E-state index in [1.165, 1.54) is 0 Å². The third-order valence-electron chi connectivity index (χ3n) is 3.86. The highest BCUT2D eigenvalue weighted by Crippen LogP contribution is 2.02. The lowest BCUT2D eigenvalue weighted by atomic mass is 10.2. The molecule has 1 amide bonds. The molecule has 0 spiro atoms. The van der Waals surface area contributed by atoms with Gasteiger partial charge in [0.1, 0.15) is 0 Å². The van der Waals surface area contributed by atoms with Crippen LogP contribution < -0.4 is 5.32 Å². The van der Waals surface area contributed by atoms with Gasteiger partial charge < -0.3 is 10.2 Å². The summed E-state index contributed by atoms with van der Waals surface area (Å²) >= 11 is 0. The molecule has 0 radical (unpaired) electrons. The number of amides is 1. The van der Waals surface area contributed by atoms with E-state index in [0.29, 0.717) is 13.0 Å². The normalized spacial score (nSPS) is 11.6. The molecule has 6 heteroatoms. The van der Waals surface area contributed by atoms with Crippen LogP contribution in [0.25, 0.3) is 0 Å². The second-order valence-electron chi connectivity index (χ2n) is 6.37. The molecule has 0 aliphatic carbocycles. The van der Waals surface area contributed by atoms with E-state index in [-0.39, 0.29) is 12.5 Å². The number of nitrogens with zero attached hydrogens (tertiary/aromatic N) is 1. The highest BCUT2D eigenvalue weighted by molar-refractivity contribution is 5.76. The van der Waals surface area contributed by atoms with Crippen molar-refractivity contribution in [3.8, 4) is 12.3 Å². The van der Waals surface area contributed by atoms with Crippen LogP contribution >= 0.6 is 0 Å². The Morgan fingerprint density at radius 2 is 1.45 bits per heavy atom. The number of rotatable bonds is 18. The maximum absolute atomic E-state index is 11.3. The molecule has 0 atom stereocenters. The van der Waals surface area contributed by atoms with Crippen LogP contribution in [0.5, 0.6) is 0 Å². The van der Waals surface area contributed by atoms with Crippen LogP contribution in [-0.4, -0.2) is 24.1 Å². The fourth-order valence-electron chi connectivity index (χ4n) is 2.35. The van der Waals surface area contributed by atoms with Crippen molar-refractivity contribution in [2.75, 3.05) is 13.2 Å². The maximum atomic E-state index is 11.3. The Hall–Kier alpha value is -2.81. The number of carbonyl (C=O) groups excluding carboxylic acids is 1. The molecule has 0 bridgehead atoms. The summed E-state index contributed by atoms with van der Waals surface area (Å²) < 4.78 is 0. The number of nitrogens with one attached hydrogen (secondary N) is 1. The minimum atomic E-state index is -0.743. The van der Waals surface area contributed by atoms with Gasteiger partial charge in [0.2, 0.25) is 5.91 Å². The lowest BCUT2D eigenvalue weighted by Gasteiger charge is -1.98. The first-order valence-corrected chi connectivity index (χ1v) is 10.2. The number of carbonyl (C=O) groups is 1. The van der Waals surface area contributed by atoms with Gasteiger partial charge in [0, 0.05) is 6.42 Å². The number of hydrogen-bond donors (Lipinski definition) is 1. The number of terminal acetylenes is 1. The fourth-order valence-corrected chi connectivity index (χ4v) is 2.35. The molecule has 1 N–H and O–H groups in total. The summed E-state index contributed by atoms with van der Waals surface area (Å²) in [6.07, 6.45) is 30.9. The highest BCUT2D eigenvalue weighted by Gasteiger charge is 1.97. The number of allylic oxidation sites excluding steroid dienone is 8. The standard InChI is InChI=1S/C23H34N2O4/c1-2-21-24-23(26)20-18-16-14-12-10-8-6-4-3-5-7-9-11-13-15-17-19-22-29-25(27)28/h1,3,5-6,8-9,11-12,14H,4,7,10,13,15-22H2,(H,24,26). The van der Waals surface area contributed by atoms with E-state index in [0.717, 1.165) is 57.8 Å². The first-order chi connectivity index (χ1) is 14.2. The SMILES string of the molecule is C#CCNC(=O)CCCC=CCC=CCC=CCC=CCCCCCO[N+](=O)[O-]. The maximum Gasteiger partial charge on any atom is 0.294 e. The van der Waals surface area contributed by atoms with Crippen LogP contribution in [0, 0.1) is 22.5 Å². The summed E-state index contributed by atoms with van der Waals surface area (Å²) in [5.41, 5.74) is 0. The third kappa shape index (κ3) is 23.2. The Kier molecular flexibility index (Phi) is 19.4. The molecule has 0 fully saturated rings. The Balaban J connectivity index is 3.45. The van der Waals surface area contributed by atoms with Crippen molar-refractivity contribution in [1.29, 1.82) is 0 Å². The van der Waals surface area contributed by atoms with Crippen LogP contribution in [0.3, 0.4) is 0 Å². The summed E-state index contributed by atoms with van der Waals surface area (Å²) in [6, 6.07) is 0. The molecule has 0 rings (SSSR count). The first kappa shape index (κ1) is 26.2. The van der Waals surface area contributed by atoms with Crippen molar-refractivity contribution in [1.82, 2.24) is 5.32 Å². The fraction of sp³-hybridized carbons (Fsp3) is 0.522. The predicted octanol–water partition coefficient (Wildman–Crippen LogP) is 5.07. The molecule has 0 heterocycles. The third-order valence-corrected chi connectivity index (χ3v) is 3.86. The van der Waals surface area contributed by atoms with Crippen molar-refractivity contribution in [3.05, 3.63) is 58.7 Å². The zero-order chi connectivity index (χ0) is 21.4. The molecule has 0 aliphatic rings. The van der Waals surface area contributed by atoms with Crippen LogP contribution in [-0.2, 0) is 9.63 Å². The zero-order valence-corrected chi connectivity index (χ0v) is 17.3. The largest absolute Gasteiger partial charge is 0.345 e. The quantitative estimate of drug-likeness (QED) is 0.114. The van der Waals surface area contributed by atoms with E-state index >= 15 is 0 Å². The van der Waals surface area contributed by atoms with Crippen molar-refractivity contribution >= 4 is 5.91 Å². The summed E-state index contributed by atoms with van der Waals surface area (Å²) in [7, 11) is 0.